The van der Waals surface area contributed by atoms with E-state index in [9.17, 15) is 14.4 Å². The molecule has 0 bridgehead atoms. The lowest BCUT2D eigenvalue weighted by molar-refractivity contribution is 0.0513. The van der Waals surface area contributed by atoms with Crippen molar-refractivity contribution in [3.05, 3.63) is 71.0 Å². The molecule has 0 saturated heterocycles. The van der Waals surface area contributed by atoms with Crippen LogP contribution in [-0.4, -0.2) is 86.5 Å². The summed E-state index contributed by atoms with van der Waals surface area (Å²) in [6.45, 7) is -0.0529. The molecule has 0 aliphatic carbocycles. The number of aromatic nitrogens is 1. The number of benzene rings is 3. The summed E-state index contributed by atoms with van der Waals surface area (Å²) in [5.41, 5.74) is 2.31. The molecule has 13 nitrogen and oxygen atoms in total. The van der Waals surface area contributed by atoms with Crippen LogP contribution in [0.4, 0.5) is 0 Å². The zero-order chi connectivity index (χ0) is 35.7. The fourth-order valence-corrected chi connectivity index (χ4v) is 5.56. The lowest BCUT2D eigenvalue weighted by Crippen LogP contribution is -2.18. The number of nitrogens with zero attached hydrogens (tertiary/aromatic N) is 1. The van der Waals surface area contributed by atoms with Gasteiger partial charge in [-0.3, -0.25) is 4.79 Å². The minimum Gasteiger partial charge on any atom is -0.496 e. The number of carbonyl (C=O) groups excluding carboxylic acids is 3. The first-order chi connectivity index (χ1) is 23.7. The molecule has 4 rings (SSSR count). The van der Waals surface area contributed by atoms with Crippen molar-refractivity contribution in [3.8, 4) is 56.8 Å². The Balaban J connectivity index is 2.17. The van der Waals surface area contributed by atoms with Gasteiger partial charge in [-0.1, -0.05) is 12.1 Å². The number of aryl methyl sites for hydroxylation is 1. The molecule has 0 aliphatic rings. The van der Waals surface area contributed by atoms with E-state index < -0.39 is 11.9 Å². The Morgan fingerprint density at radius 2 is 1.20 bits per heavy atom. The highest BCUT2D eigenvalue weighted by molar-refractivity contribution is 6.10. The predicted molar refractivity (Wildman–Crippen MR) is 179 cm³/mol. The Kier molecular flexibility index (Phi) is 12.1. The highest BCUT2D eigenvalue weighted by Gasteiger charge is 2.35. The Hall–Kier alpha value is -5.69. The van der Waals surface area contributed by atoms with Gasteiger partial charge >= 0.3 is 11.9 Å². The second-order valence-electron chi connectivity index (χ2n) is 10.4. The van der Waals surface area contributed by atoms with Gasteiger partial charge in [0.15, 0.2) is 36.1 Å². The maximum atomic E-state index is 13.9. The van der Waals surface area contributed by atoms with Crippen molar-refractivity contribution in [2.24, 2.45) is 0 Å². The molecule has 3 aromatic carbocycles. The van der Waals surface area contributed by atoms with Crippen molar-refractivity contribution in [1.29, 1.82) is 0 Å². The third-order valence-corrected chi connectivity index (χ3v) is 7.83. The summed E-state index contributed by atoms with van der Waals surface area (Å²) in [6, 6.07) is 13.5. The lowest BCUT2D eigenvalue weighted by Gasteiger charge is -2.17. The Morgan fingerprint density at radius 3 is 1.78 bits per heavy atom. The van der Waals surface area contributed by atoms with E-state index in [1.807, 2.05) is 12.1 Å². The van der Waals surface area contributed by atoms with Crippen LogP contribution in [0.1, 0.15) is 36.9 Å². The first kappa shape index (κ1) is 36.2. The largest absolute Gasteiger partial charge is 0.496 e. The van der Waals surface area contributed by atoms with Crippen LogP contribution in [-0.2, 0) is 27.2 Å². The number of hydrogen-bond donors (Lipinski definition) is 0. The number of carbonyl (C=O) groups is 3. The minimum atomic E-state index is -0.754. The summed E-state index contributed by atoms with van der Waals surface area (Å²) >= 11 is 0. The smallest absolute Gasteiger partial charge is 0.355 e. The monoisotopic (exact) mass is 677 g/mol. The quantitative estimate of drug-likeness (QED) is 0.0843. The van der Waals surface area contributed by atoms with Gasteiger partial charge in [0.1, 0.15) is 22.9 Å². The molecule has 13 heteroatoms. The zero-order valence-electron chi connectivity index (χ0n) is 28.7. The van der Waals surface area contributed by atoms with Crippen LogP contribution in [0, 0.1) is 0 Å². The lowest BCUT2D eigenvalue weighted by atomic mass is 9.92. The first-order valence-corrected chi connectivity index (χ1v) is 14.9. The Bertz CT molecular complexity index is 1830. The van der Waals surface area contributed by atoms with Crippen LogP contribution in [0.3, 0.4) is 0 Å². The van der Waals surface area contributed by atoms with Crippen LogP contribution >= 0.6 is 0 Å². The molecule has 0 radical (unpaired) electrons. The molecule has 4 aromatic rings. The second kappa shape index (κ2) is 16.4. The van der Waals surface area contributed by atoms with Crippen LogP contribution in [0.5, 0.6) is 34.5 Å². The van der Waals surface area contributed by atoms with Crippen molar-refractivity contribution in [2.75, 3.05) is 63.7 Å². The van der Waals surface area contributed by atoms with Gasteiger partial charge in [0.2, 0.25) is 0 Å². The van der Waals surface area contributed by atoms with Gasteiger partial charge in [-0.25, -0.2) is 9.59 Å². The average Bonchev–Trinajstić information content (AvgIpc) is 3.49. The van der Waals surface area contributed by atoms with Gasteiger partial charge in [0, 0.05) is 36.4 Å². The molecule has 0 amide bonds. The van der Waals surface area contributed by atoms with E-state index in [1.54, 1.807) is 48.1 Å². The number of ether oxygens (including phenoxy) is 9. The molecule has 1 heterocycles. The van der Waals surface area contributed by atoms with Crippen molar-refractivity contribution in [3.63, 3.8) is 0 Å². The van der Waals surface area contributed by atoms with Gasteiger partial charge in [0.05, 0.1) is 55.3 Å². The average molecular weight is 678 g/mol. The summed E-state index contributed by atoms with van der Waals surface area (Å²) in [7, 11) is 11.4. The summed E-state index contributed by atoms with van der Waals surface area (Å²) < 4.78 is 50.8. The normalized spacial score (nSPS) is 10.6. The van der Waals surface area contributed by atoms with E-state index in [2.05, 4.69) is 0 Å². The van der Waals surface area contributed by atoms with Crippen LogP contribution in [0.25, 0.3) is 22.3 Å². The number of hydrogen-bond acceptors (Lipinski definition) is 12. The van der Waals surface area contributed by atoms with Crippen molar-refractivity contribution in [2.45, 2.75) is 13.0 Å². The SMILES string of the molecule is COCOc1cc(OC)c(OC)cc1-c1c(-c2ccc(OC)c(C=O)c2)c(C(=O)OC)n(CCc2ccc(OC)c(OC)c2)c1C(=O)OC. The summed E-state index contributed by atoms with van der Waals surface area (Å²) in [6.07, 6.45) is 0.974. The highest BCUT2D eigenvalue weighted by Crippen LogP contribution is 2.48. The van der Waals surface area contributed by atoms with Gasteiger partial charge in [-0.05, 0) is 47.9 Å². The summed E-state index contributed by atoms with van der Waals surface area (Å²) in [4.78, 5) is 40.0. The molecule has 0 fully saturated rings. The van der Waals surface area contributed by atoms with E-state index in [1.165, 1.54) is 49.8 Å². The molecular formula is C36H39NO12. The molecule has 0 atom stereocenters. The van der Waals surface area contributed by atoms with Crippen molar-refractivity contribution < 1.29 is 57.0 Å². The van der Waals surface area contributed by atoms with Gasteiger partial charge in [0.25, 0.3) is 0 Å². The van der Waals surface area contributed by atoms with Crippen molar-refractivity contribution in [1.82, 2.24) is 4.57 Å². The molecule has 49 heavy (non-hydrogen) atoms. The topological polar surface area (TPSA) is 139 Å². The summed E-state index contributed by atoms with van der Waals surface area (Å²) in [5.74, 6) is 0.763. The standard InChI is InChI=1S/C36H39NO12/c1-41-20-49-27-18-30(46-6)29(45-5)17-24(27)32-31(22-10-12-25(42-2)23(16-22)19-38)33(35(39)47-7)37(34(32)36(40)48-8)14-13-21-9-11-26(43-3)28(15-21)44-4/h9-12,15-19H,13-14,20H2,1-8H3. The maximum absolute atomic E-state index is 13.9. The van der Waals surface area contributed by atoms with Crippen molar-refractivity contribution >= 4 is 18.2 Å². The van der Waals surface area contributed by atoms with E-state index in [0.717, 1.165) is 5.56 Å². The van der Waals surface area contributed by atoms with Gasteiger partial charge in [-0.2, -0.15) is 0 Å². The van der Waals surface area contributed by atoms with Gasteiger partial charge < -0.3 is 47.2 Å². The first-order valence-electron chi connectivity index (χ1n) is 14.9. The summed E-state index contributed by atoms with van der Waals surface area (Å²) in [5, 5.41) is 0. The Labute approximate surface area is 284 Å². The molecule has 0 aliphatic heterocycles. The van der Waals surface area contributed by atoms with Crippen LogP contribution in [0.2, 0.25) is 0 Å². The highest BCUT2D eigenvalue weighted by atomic mass is 16.7. The molecule has 0 spiro atoms. The van der Waals surface area contributed by atoms with E-state index in [0.29, 0.717) is 52.6 Å². The fourth-order valence-electron chi connectivity index (χ4n) is 5.56. The number of rotatable bonds is 16. The Morgan fingerprint density at radius 1 is 0.633 bits per heavy atom. The van der Waals surface area contributed by atoms with Crippen LogP contribution in [0.15, 0.2) is 48.5 Å². The molecule has 260 valence electrons. The predicted octanol–water partition coefficient (Wildman–Crippen LogP) is 5.48. The number of aldehydes is 1. The zero-order valence-corrected chi connectivity index (χ0v) is 28.7. The molecular weight excluding hydrogens is 638 g/mol. The second-order valence-corrected chi connectivity index (χ2v) is 10.4. The molecule has 0 unspecified atom stereocenters. The fraction of sp³-hybridized carbons (Fsp3) is 0.306. The minimum absolute atomic E-state index is 0.0105. The number of methoxy groups -OCH3 is 8. The molecule has 1 aromatic heterocycles. The maximum Gasteiger partial charge on any atom is 0.355 e. The molecule has 0 saturated carbocycles. The van der Waals surface area contributed by atoms with Crippen LogP contribution < -0.4 is 28.4 Å². The third kappa shape index (κ3) is 7.26. The van der Waals surface area contributed by atoms with E-state index in [-0.39, 0.29) is 47.2 Å². The third-order valence-electron chi connectivity index (χ3n) is 7.83. The van der Waals surface area contributed by atoms with Gasteiger partial charge in [-0.15, -0.1) is 0 Å². The number of esters is 2. The molecule has 0 N–H and O–H groups in total. The van der Waals surface area contributed by atoms with E-state index >= 15 is 0 Å². The van der Waals surface area contributed by atoms with E-state index in [4.69, 9.17) is 42.6 Å².